The number of hydrogen-bond acceptors (Lipinski definition) is 7. The summed E-state index contributed by atoms with van der Waals surface area (Å²) in [5.74, 6) is 7.19. The molecule has 106 valence electrons. The summed E-state index contributed by atoms with van der Waals surface area (Å²) in [6.07, 6.45) is 3.52. The van der Waals surface area contributed by atoms with E-state index in [1.54, 1.807) is 25.6 Å². The maximum absolute atomic E-state index is 5.41. The average Bonchev–Trinajstić information content (AvgIpc) is 2.48. The van der Waals surface area contributed by atoms with Crippen LogP contribution in [0.1, 0.15) is 24.4 Å². The molecule has 2 aromatic rings. The molecule has 7 heteroatoms. The molecule has 0 aromatic carbocycles. The van der Waals surface area contributed by atoms with Crippen molar-refractivity contribution in [1.82, 2.24) is 15.0 Å². The Bertz CT molecular complexity index is 548. The molecule has 1 unspecified atom stereocenters. The third-order valence-corrected chi connectivity index (χ3v) is 2.76. The Morgan fingerprint density at radius 3 is 2.60 bits per heavy atom. The zero-order valence-corrected chi connectivity index (χ0v) is 11.5. The normalized spacial score (nSPS) is 11.9. The standard InChI is InChI=1S/C13H18N6O/c1-9(10-3-5-15-6-4-10)16-11-7-12(19-14)18-13(17-11)8-20-2/h3-7,9H,8,14H2,1-2H3,(H2,16,17,18,19). The summed E-state index contributed by atoms with van der Waals surface area (Å²) in [6, 6.07) is 5.75. The van der Waals surface area contributed by atoms with Gasteiger partial charge in [-0.15, -0.1) is 0 Å². The molecule has 20 heavy (non-hydrogen) atoms. The molecule has 0 saturated carbocycles. The van der Waals surface area contributed by atoms with E-state index in [0.717, 1.165) is 5.56 Å². The molecule has 0 bridgehead atoms. The number of nitrogens with zero attached hydrogens (tertiary/aromatic N) is 3. The minimum atomic E-state index is 0.0916. The number of ether oxygens (including phenoxy) is 1. The third-order valence-electron chi connectivity index (χ3n) is 2.76. The Morgan fingerprint density at radius 2 is 1.95 bits per heavy atom. The number of hydrogen-bond donors (Lipinski definition) is 3. The van der Waals surface area contributed by atoms with E-state index >= 15 is 0 Å². The fourth-order valence-corrected chi connectivity index (χ4v) is 1.80. The van der Waals surface area contributed by atoms with Crippen LogP contribution in [0.15, 0.2) is 30.6 Å². The van der Waals surface area contributed by atoms with E-state index < -0.39 is 0 Å². The molecule has 0 spiro atoms. The first kappa shape index (κ1) is 14.2. The molecule has 2 heterocycles. The van der Waals surface area contributed by atoms with Crippen LogP contribution in [0.2, 0.25) is 0 Å². The minimum Gasteiger partial charge on any atom is -0.377 e. The van der Waals surface area contributed by atoms with Gasteiger partial charge in [-0.05, 0) is 24.6 Å². The number of nitrogen functional groups attached to an aromatic ring is 1. The van der Waals surface area contributed by atoms with Gasteiger partial charge in [-0.2, -0.15) is 0 Å². The number of anilines is 2. The summed E-state index contributed by atoms with van der Waals surface area (Å²) in [4.78, 5) is 12.6. The van der Waals surface area contributed by atoms with Crippen molar-refractivity contribution >= 4 is 11.6 Å². The summed E-state index contributed by atoms with van der Waals surface area (Å²) >= 11 is 0. The van der Waals surface area contributed by atoms with Crippen molar-refractivity contribution < 1.29 is 4.74 Å². The Labute approximate surface area is 117 Å². The van der Waals surface area contributed by atoms with Crippen LogP contribution in [-0.2, 0) is 11.3 Å². The van der Waals surface area contributed by atoms with Crippen molar-refractivity contribution in [2.45, 2.75) is 19.6 Å². The molecule has 0 radical (unpaired) electrons. The van der Waals surface area contributed by atoms with Crippen LogP contribution in [0, 0.1) is 0 Å². The lowest BCUT2D eigenvalue weighted by atomic mass is 10.1. The lowest BCUT2D eigenvalue weighted by Crippen LogP contribution is -2.14. The van der Waals surface area contributed by atoms with Gasteiger partial charge in [-0.3, -0.25) is 4.98 Å². The van der Waals surface area contributed by atoms with Crippen LogP contribution in [0.5, 0.6) is 0 Å². The van der Waals surface area contributed by atoms with Gasteiger partial charge in [0.15, 0.2) is 5.82 Å². The molecule has 1 atom stereocenters. The number of nitrogens with two attached hydrogens (primary N) is 1. The molecule has 0 aliphatic heterocycles. The molecule has 4 N–H and O–H groups in total. The molecule has 0 saturated heterocycles. The topological polar surface area (TPSA) is 98.0 Å². The highest BCUT2D eigenvalue weighted by Gasteiger charge is 2.08. The van der Waals surface area contributed by atoms with Crippen molar-refractivity contribution in [3.8, 4) is 0 Å². The van der Waals surface area contributed by atoms with Crippen LogP contribution in [0.25, 0.3) is 0 Å². The van der Waals surface area contributed by atoms with E-state index in [4.69, 9.17) is 10.6 Å². The van der Waals surface area contributed by atoms with Crippen molar-refractivity contribution in [1.29, 1.82) is 0 Å². The zero-order chi connectivity index (χ0) is 14.4. The number of aromatic nitrogens is 3. The monoisotopic (exact) mass is 274 g/mol. The van der Waals surface area contributed by atoms with Crippen LogP contribution < -0.4 is 16.6 Å². The van der Waals surface area contributed by atoms with E-state index in [0.29, 0.717) is 24.1 Å². The predicted octanol–water partition coefficient (Wildman–Crippen LogP) is 1.48. The first-order valence-corrected chi connectivity index (χ1v) is 6.23. The van der Waals surface area contributed by atoms with Crippen LogP contribution >= 0.6 is 0 Å². The molecule has 0 amide bonds. The second kappa shape index (κ2) is 6.78. The Hall–Kier alpha value is -2.25. The third kappa shape index (κ3) is 3.62. The lowest BCUT2D eigenvalue weighted by molar-refractivity contribution is 0.178. The van der Waals surface area contributed by atoms with Gasteiger partial charge < -0.3 is 15.5 Å². The van der Waals surface area contributed by atoms with Gasteiger partial charge in [-0.25, -0.2) is 15.8 Å². The van der Waals surface area contributed by atoms with Crippen molar-refractivity contribution in [3.63, 3.8) is 0 Å². The van der Waals surface area contributed by atoms with Gasteiger partial charge in [0.05, 0.1) is 6.04 Å². The Morgan fingerprint density at radius 1 is 1.25 bits per heavy atom. The smallest absolute Gasteiger partial charge is 0.158 e. The minimum absolute atomic E-state index is 0.0916. The number of pyridine rings is 1. The Kier molecular flexibility index (Phi) is 4.80. The predicted molar refractivity (Wildman–Crippen MR) is 76.8 cm³/mol. The summed E-state index contributed by atoms with van der Waals surface area (Å²) in [6.45, 7) is 2.37. The van der Waals surface area contributed by atoms with Gasteiger partial charge in [0, 0.05) is 25.6 Å². The second-order valence-corrected chi connectivity index (χ2v) is 4.28. The van der Waals surface area contributed by atoms with Crippen LogP contribution in [-0.4, -0.2) is 22.1 Å². The van der Waals surface area contributed by atoms with Gasteiger partial charge in [-0.1, -0.05) is 0 Å². The SMILES string of the molecule is COCc1nc(NN)cc(NC(C)c2ccncc2)n1. The largest absolute Gasteiger partial charge is 0.377 e. The molecule has 0 aliphatic rings. The quantitative estimate of drug-likeness (QED) is 0.542. The molecular formula is C13H18N6O. The molecule has 2 aromatic heterocycles. The number of hydrazine groups is 1. The average molecular weight is 274 g/mol. The van der Waals surface area contributed by atoms with E-state index in [-0.39, 0.29) is 6.04 Å². The van der Waals surface area contributed by atoms with Crippen LogP contribution in [0.3, 0.4) is 0 Å². The highest BCUT2D eigenvalue weighted by Crippen LogP contribution is 2.19. The number of rotatable bonds is 6. The van der Waals surface area contributed by atoms with Gasteiger partial charge >= 0.3 is 0 Å². The van der Waals surface area contributed by atoms with Crippen molar-refractivity contribution in [2.75, 3.05) is 17.9 Å². The van der Waals surface area contributed by atoms with E-state index in [1.165, 1.54) is 0 Å². The van der Waals surface area contributed by atoms with Crippen molar-refractivity contribution in [3.05, 3.63) is 42.0 Å². The maximum atomic E-state index is 5.41. The Balaban J connectivity index is 2.17. The molecule has 0 aliphatic carbocycles. The summed E-state index contributed by atoms with van der Waals surface area (Å²) in [5, 5.41) is 3.30. The van der Waals surface area contributed by atoms with Crippen molar-refractivity contribution in [2.24, 2.45) is 5.84 Å². The molecule has 7 nitrogen and oxygen atoms in total. The number of methoxy groups -OCH3 is 1. The van der Waals surface area contributed by atoms with Gasteiger partial charge in [0.1, 0.15) is 18.2 Å². The number of nitrogens with one attached hydrogen (secondary N) is 2. The second-order valence-electron chi connectivity index (χ2n) is 4.28. The van der Waals surface area contributed by atoms with E-state index in [1.807, 2.05) is 19.1 Å². The highest BCUT2D eigenvalue weighted by molar-refractivity contribution is 5.48. The van der Waals surface area contributed by atoms with Crippen LogP contribution in [0.4, 0.5) is 11.6 Å². The molecule has 2 rings (SSSR count). The van der Waals surface area contributed by atoms with Gasteiger partial charge in [0.2, 0.25) is 0 Å². The summed E-state index contributed by atoms with van der Waals surface area (Å²) in [5.41, 5.74) is 3.64. The molecule has 0 fully saturated rings. The fourth-order valence-electron chi connectivity index (χ4n) is 1.80. The highest BCUT2D eigenvalue weighted by atomic mass is 16.5. The van der Waals surface area contributed by atoms with E-state index in [2.05, 4.69) is 25.7 Å². The first-order valence-electron chi connectivity index (χ1n) is 6.23. The maximum Gasteiger partial charge on any atom is 0.158 e. The lowest BCUT2D eigenvalue weighted by Gasteiger charge is -2.16. The molecular weight excluding hydrogens is 256 g/mol. The summed E-state index contributed by atoms with van der Waals surface area (Å²) < 4.78 is 5.04. The van der Waals surface area contributed by atoms with E-state index in [9.17, 15) is 0 Å². The summed E-state index contributed by atoms with van der Waals surface area (Å²) in [7, 11) is 1.60. The zero-order valence-electron chi connectivity index (χ0n) is 11.5. The fraction of sp³-hybridized carbons (Fsp3) is 0.308. The van der Waals surface area contributed by atoms with Gasteiger partial charge in [0.25, 0.3) is 0 Å². The first-order chi connectivity index (χ1) is 9.72.